The van der Waals surface area contributed by atoms with E-state index in [1.165, 1.54) is 6.07 Å². The molecule has 0 unspecified atom stereocenters. The lowest BCUT2D eigenvalue weighted by molar-refractivity contribution is 0.0636. The average Bonchev–Trinajstić information content (AvgIpc) is 2.41. The molecule has 1 aromatic carbocycles. The Bertz CT molecular complexity index is 485. The Hall–Kier alpha value is -1.49. The van der Waals surface area contributed by atoms with Gasteiger partial charge in [0.2, 0.25) is 0 Å². The van der Waals surface area contributed by atoms with E-state index in [0.29, 0.717) is 6.54 Å². The van der Waals surface area contributed by atoms with E-state index in [1.807, 2.05) is 6.92 Å². The van der Waals surface area contributed by atoms with Crippen LogP contribution in [0.25, 0.3) is 0 Å². The Morgan fingerprint density at radius 3 is 2.50 bits per heavy atom. The first kappa shape index (κ1) is 14.9. The number of nitrogens with two attached hydrogens (primary N) is 1. The predicted molar refractivity (Wildman–Crippen MR) is 73.3 cm³/mol. The molecular weight excluding hydrogens is 262 g/mol. The van der Waals surface area contributed by atoms with Crippen LogP contribution in [-0.4, -0.2) is 29.4 Å². The fourth-order valence-electron chi connectivity index (χ4n) is 2.80. The molecule has 2 rings (SSSR count). The Balaban J connectivity index is 2.16. The van der Waals surface area contributed by atoms with Gasteiger partial charge in [0, 0.05) is 24.7 Å². The second kappa shape index (κ2) is 6.31. The number of rotatable bonds is 3. The van der Waals surface area contributed by atoms with E-state index in [2.05, 4.69) is 0 Å². The maximum absolute atomic E-state index is 13.7. The molecule has 0 aliphatic heterocycles. The lowest BCUT2D eigenvalue weighted by atomic mass is 9.90. The van der Waals surface area contributed by atoms with Gasteiger partial charge in [-0.25, -0.2) is 8.78 Å². The summed E-state index contributed by atoms with van der Waals surface area (Å²) in [6.07, 6.45) is 3.42. The van der Waals surface area contributed by atoms with Crippen LogP contribution in [0.3, 0.4) is 0 Å². The van der Waals surface area contributed by atoms with Crippen molar-refractivity contribution in [3.63, 3.8) is 0 Å². The maximum atomic E-state index is 13.7. The Morgan fingerprint density at radius 1 is 1.30 bits per heavy atom. The zero-order valence-electron chi connectivity index (χ0n) is 11.6. The Kier molecular flexibility index (Phi) is 4.70. The van der Waals surface area contributed by atoms with Gasteiger partial charge < -0.3 is 10.6 Å². The van der Waals surface area contributed by atoms with Crippen molar-refractivity contribution < 1.29 is 13.6 Å². The number of amides is 1. The van der Waals surface area contributed by atoms with E-state index >= 15 is 0 Å². The van der Waals surface area contributed by atoms with Gasteiger partial charge in [-0.05, 0) is 44.7 Å². The number of carbonyl (C=O) groups excluding carboxylic acids is 1. The molecule has 0 aromatic heterocycles. The predicted octanol–water partition coefficient (Wildman–Crippen LogP) is 2.70. The summed E-state index contributed by atoms with van der Waals surface area (Å²) in [5, 5.41) is 0. The van der Waals surface area contributed by atoms with Gasteiger partial charge in [0.15, 0.2) is 0 Å². The molecule has 1 aliphatic rings. The largest absolute Gasteiger partial charge is 0.336 e. The first-order chi connectivity index (χ1) is 9.52. The van der Waals surface area contributed by atoms with Crippen molar-refractivity contribution in [2.75, 3.05) is 6.54 Å². The van der Waals surface area contributed by atoms with Crippen LogP contribution in [-0.2, 0) is 0 Å². The minimum atomic E-state index is -0.805. The van der Waals surface area contributed by atoms with Gasteiger partial charge in [-0.3, -0.25) is 4.79 Å². The first-order valence-electron chi connectivity index (χ1n) is 7.04. The zero-order chi connectivity index (χ0) is 14.7. The Morgan fingerprint density at radius 2 is 1.95 bits per heavy atom. The van der Waals surface area contributed by atoms with Gasteiger partial charge in [0.05, 0.1) is 5.56 Å². The highest BCUT2D eigenvalue weighted by Crippen LogP contribution is 2.24. The molecule has 2 N–H and O–H groups in total. The molecule has 0 radical (unpaired) electrons. The topological polar surface area (TPSA) is 46.3 Å². The van der Waals surface area contributed by atoms with Gasteiger partial charge in [-0.15, -0.1) is 0 Å². The molecular formula is C15H20F2N2O. The fourth-order valence-corrected chi connectivity index (χ4v) is 2.80. The highest BCUT2D eigenvalue weighted by molar-refractivity contribution is 5.94. The zero-order valence-corrected chi connectivity index (χ0v) is 11.6. The third-order valence-corrected chi connectivity index (χ3v) is 3.95. The standard InChI is InChI=1S/C15H20F2N2O/c1-2-19(12-6-4-11(18)5-7-12)15(20)13-8-3-10(16)9-14(13)17/h3,8-9,11-12H,2,4-7,18H2,1H3. The summed E-state index contributed by atoms with van der Waals surface area (Å²) in [5.74, 6) is -1.85. The summed E-state index contributed by atoms with van der Waals surface area (Å²) in [4.78, 5) is 14.1. The van der Waals surface area contributed by atoms with E-state index < -0.39 is 11.6 Å². The van der Waals surface area contributed by atoms with E-state index in [0.717, 1.165) is 37.8 Å². The van der Waals surface area contributed by atoms with E-state index in [-0.39, 0.29) is 23.6 Å². The monoisotopic (exact) mass is 282 g/mol. The van der Waals surface area contributed by atoms with Crippen LogP contribution in [0.1, 0.15) is 43.0 Å². The summed E-state index contributed by atoms with van der Waals surface area (Å²) in [6, 6.07) is 3.36. The van der Waals surface area contributed by atoms with E-state index in [9.17, 15) is 13.6 Å². The van der Waals surface area contributed by atoms with Crippen LogP contribution in [0.2, 0.25) is 0 Å². The van der Waals surface area contributed by atoms with Crippen LogP contribution >= 0.6 is 0 Å². The van der Waals surface area contributed by atoms with Crippen molar-refractivity contribution in [1.82, 2.24) is 4.90 Å². The molecule has 1 aliphatic carbocycles. The molecule has 0 atom stereocenters. The molecule has 110 valence electrons. The Labute approximate surface area is 117 Å². The normalized spacial score (nSPS) is 22.6. The number of halogens is 2. The van der Waals surface area contributed by atoms with Crippen LogP contribution < -0.4 is 5.73 Å². The van der Waals surface area contributed by atoms with Gasteiger partial charge in [-0.2, -0.15) is 0 Å². The summed E-state index contributed by atoms with van der Waals surface area (Å²) >= 11 is 0. The van der Waals surface area contributed by atoms with E-state index in [4.69, 9.17) is 5.73 Å². The molecule has 1 amide bonds. The quantitative estimate of drug-likeness (QED) is 0.926. The number of hydrogen-bond acceptors (Lipinski definition) is 2. The van der Waals surface area contributed by atoms with Crippen molar-refractivity contribution in [2.24, 2.45) is 5.73 Å². The van der Waals surface area contributed by atoms with Gasteiger partial charge in [-0.1, -0.05) is 0 Å². The minimum Gasteiger partial charge on any atom is -0.336 e. The third-order valence-electron chi connectivity index (χ3n) is 3.95. The van der Waals surface area contributed by atoms with Crippen molar-refractivity contribution in [2.45, 2.75) is 44.7 Å². The van der Waals surface area contributed by atoms with Crippen LogP contribution in [0.5, 0.6) is 0 Å². The number of hydrogen-bond donors (Lipinski definition) is 1. The molecule has 3 nitrogen and oxygen atoms in total. The fraction of sp³-hybridized carbons (Fsp3) is 0.533. The van der Waals surface area contributed by atoms with E-state index in [1.54, 1.807) is 4.90 Å². The van der Waals surface area contributed by atoms with Crippen molar-refractivity contribution >= 4 is 5.91 Å². The molecule has 0 heterocycles. The lowest BCUT2D eigenvalue weighted by Crippen LogP contribution is -2.44. The minimum absolute atomic E-state index is 0.0666. The van der Waals surface area contributed by atoms with Gasteiger partial charge in [0.25, 0.3) is 5.91 Å². The summed E-state index contributed by atoms with van der Waals surface area (Å²) < 4.78 is 26.6. The lowest BCUT2D eigenvalue weighted by Gasteiger charge is -2.35. The van der Waals surface area contributed by atoms with Gasteiger partial charge in [0.1, 0.15) is 11.6 Å². The average molecular weight is 282 g/mol. The van der Waals surface area contributed by atoms with Crippen molar-refractivity contribution in [3.8, 4) is 0 Å². The maximum Gasteiger partial charge on any atom is 0.257 e. The second-order valence-electron chi connectivity index (χ2n) is 5.28. The van der Waals surface area contributed by atoms with Crippen molar-refractivity contribution in [1.29, 1.82) is 0 Å². The molecule has 1 fully saturated rings. The number of nitrogens with zero attached hydrogens (tertiary/aromatic N) is 1. The summed E-state index contributed by atoms with van der Waals surface area (Å²) in [6.45, 7) is 2.38. The molecule has 0 spiro atoms. The third kappa shape index (κ3) is 3.15. The summed E-state index contributed by atoms with van der Waals surface area (Å²) in [7, 11) is 0. The molecule has 0 saturated heterocycles. The molecule has 5 heteroatoms. The highest BCUT2D eigenvalue weighted by atomic mass is 19.1. The van der Waals surface area contributed by atoms with Crippen molar-refractivity contribution in [3.05, 3.63) is 35.4 Å². The molecule has 0 bridgehead atoms. The summed E-state index contributed by atoms with van der Waals surface area (Å²) in [5.41, 5.74) is 5.79. The number of carbonyl (C=O) groups is 1. The molecule has 1 aromatic rings. The molecule has 20 heavy (non-hydrogen) atoms. The SMILES string of the molecule is CCN(C(=O)c1ccc(F)cc1F)C1CCC(N)CC1. The van der Waals surface area contributed by atoms with Crippen LogP contribution in [0.4, 0.5) is 8.78 Å². The van der Waals surface area contributed by atoms with Gasteiger partial charge >= 0.3 is 0 Å². The first-order valence-corrected chi connectivity index (χ1v) is 7.04. The second-order valence-corrected chi connectivity index (χ2v) is 5.28. The van der Waals surface area contributed by atoms with Crippen LogP contribution in [0, 0.1) is 11.6 Å². The number of benzene rings is 1. The smallest absolute Gasteiger partial charge is 0.257 e. The molecule has 1 saturated carbocycles. The van der Waals surface area contributed by atoms with Crippen LogP contribution in [0.15, 0.2) is 18.2 Å². The highest BCUT2D eigenvalue weighted by Gasteiger charge is 2.28.